The molecule has 0 saturated carbocycles. The lowest BCUT2D eigenvalue weighted by Crippen LogP contribution is -2.45. The lowest BCUT2D eigenvalue weighted by molar-refractivity contribution is -0.143. The summed E-state index contributed by atoms with van der Waals surface area (Å²) in [6.07, 6.45) is 97.0. The second-order valence-corrected chi connectivity index (χ2v) is 27.4. The van der Waals surface area contributed by atoms with Crippen LogP contribution >= 0.6 is 0 Å². The van der Waals surface area contributed by atoms with Gasteiger partial charge in [0.25, 0.3) is 0 Å². The molecule has 0 fully saturated rings. The molecule has 0 saturated heterocycles. The van der Waals surface area contributed by atoms with Gasteiger partial charge in [-0.3, -0.25) is 9.59 Å². The molecular formula is C80H155NO5. The standard InChI is InChI=1S/C80H155NO5/c1-3-5-7-9-11-13-15-17-19-20-38-41-45-48-52-56-60-64-68-72-78(83)77(76-82)81-79(84)73-69-65-61-57-53-49-46-42-39-36-34-32-30-28-26-24-22-21-23-25-27-29-31-33-35-37-40-43-47-51-55-59-63-67-71-75-86-80(85)74-70-66-62-58-54-50-44-18-16-14-12-10-8-6-4-2/h23,25,29,31,77-78,82-83H,3-22,24,26-28,30,32-76H2,1-2H3,(H,81,84)/b25-23-,31-29-. The summed E-state index contributed by atoms with van der Waals surface area (Å²) >= 11 is 0. The molecule has 0 rings (SSSR count). The van der Waals surface area contributed by atoms with Crippen LogP contribution in [0.5, 0.6) is 0 Å². The Kier molecular flexibility index (Phi) is 74.3. The second-order valence-electron chi connectivity index (χ2n) is 27.4. The summed E-state index contributed by atoms with van der Waals surface area (Å²) in [5, 5.41) is 23.4. The number of hydrogen-bond donors (Lipinski definition) is 3. The average Bonchev–Trinajstić information content (AvgIpc) is 3.52. The summed E-state index contributed by atoms with van der Waals surface area (Å²) in [6.45, 7) is 5.01. The zero-order valence-corrected chi connectivity index (χ0v) is 58.6. The molecule has 0 spiro atoms. The molecule has 0 aromatic carbocycles. The number of aliphatic hydroxyl groups is 2. The van der Waals surface area contributed by atoms with Crippen molar-refractivity contribution in [3.8, 4) is 0 Å². The molecule has 1 amide bonds. The van der Waals surface area contributed by atoms with Crippen LogP contribution in [0, 0.1) is 0 Å². The van der Waals surface area contributed by atoms with E-state index in [1.165, 1.54) is 372 Å². The highest BCUT2D eigenvalue weighted by atomic mass is 16.5. The second kappa shape index (κ2) is 75.8. The number of hydrogen-bond acceptors (Lipinski definition) is 5. The van der Waals surface area contributed by atoms with Gasteiger partial charge in [0.15, 0.2) is 0 Å². The monoisotopic (exact) mass is 1210 g/mol. The van der Waals surface area contributed by atoms with Crippen LogP contribution in [0.2, 0.25) is 0 Å². The molecule has 6 nitrogen and oxygen atoms in total. The fourth-order valence-corrected chi connectivity index (χ4v) is 12.7. The molecule has 2 unspecified atom stereocenters. The Hall–Kier alpha value is -1.66. The van der Waals surface area contributed by atoms with Crippen molar-refractivity contribution in [1.82, 2.24) is 5.32 Å². The summed E-state index contributed by atoms with van der Waals surface area (Å²) < 4.78 is 5.50. The normalized spacial score (nSPS) is 12.6. The third-order valence-corrected chi connectivity index (χ3v) is 18.8. The first-order valence-electron chi connectivity index (χ1n) is 39.6. The van der Waals surface area contributed by atoms with Crippen LogP contribution in [0.1, 0.15) is 450 Å². The van der Waals surface area contributed by atoms with E-state index in [-0.39, 0.29) is 18.5 Å². The molecule has 510 valence electrons. The van der Waals surface area contributed by atoms with E-state index in [1.54, 1.807) is 0 Å². The van der Waals surface area contributed by atoms with Gasteiger partial charge in [0.2, 0.25) is 5.91 Å². The van der Waals surface area contributed by atoms with Crippen LogP contribution in [0.3, 0.4) is 0 Å². The van der Waals surface area contributed by atoms with Crippen molar-refractivity contribution in [2.75, 3.05) is 13.2 Å². The van der Waals surface area contributed by atoms with Crippen molar-refractivity contribution in [3.05, 3.63) is 24.3 Å². The molecular weight excluding hydrogens is 1050 g/mol. The molecule has 0 bridgehead atoms. The van der Waals surface area contributed by atoms with Gasteiger partial charge in [-0.25, -0.2) is 0 Å². The first-order valence-corrected chi connectivity index (χ1v) is 39.6. The summed E-state index contributed by atoms with van der Waals surface area (Å²) in [4.78, 5) is 24.6. The maximum atomic E-state index is 12.6. The largest absolute Gasteiger partial charge is 0.466 e. The minimum atomic E-state index is -0.663. The molecule has 3 N–H and O–H groups in total. The summed E-state index contributed by atoms with van der Waals surface area (Å²) in [6, 6.07) is -0.540. The molecule has 0 aliphatic heterocycles. The van der Waals surface area contributed by atoms with E-state index < -0.39 is 12.1 Å². The maximum Gasteiger partial charge on any atom is 0.305 e. The zero-order chi connectivity index (χ0) is 62.0. The minimum absolute atomic E-state index is 0.0207. The van der Waals surface area contributed by atoms with Gasteiger partial charge in [0.05, 0.1) is 25.4 Å². The number of rotatable bonds is 75. The Morgan fingerprint density at radius 3 is 0.884 bits per heavy atom. The Morgan fingerprint density at radius 1 is 0.326 bits per heavy atom. The smallest absolute Gasteiger partial charge is 0.305 e. The predicted octanol–water partition coefficient (Wildman–Crippen LogP) is 26.0. The minimum Gasteiger partial charge on any atom is -0.466 e. The molecule has 0 aromatic rings. The van der Waals surface area contributed by atoms with Crippen LogP contribution in [0.25, 0.3) is 0 Å². The van der Waals surface area contributed by atoms with Crippen molar-refractivity contribution in [2.45, 2.75) is 463 Å². The predicted molar refractivity (Wildman–Crippen MR) is 380 cm³/mol. The van der Waals surface area contributed by atoms with E-state index in [0.717, 1.165) is 44.9 Å². The van der Waals surface area contributed by atoms with Crippen LogP contribution in [0.4, 0.5) is 0 Å². The van der Waals surface area contributed by atoms with Gasteiger partial charge in [-0.15, -0.1) is 0 Å². The van der Waals surface area contributed by atoms with Crippen molar-refractivity contribution in [2.24, 2.45) is 0 Å². The molecule has 2 atom stereocenters. The highest BCUT2D eigenvalue weighted by Gasteiger charge is 2.20. The van der Waals surface area contributed by atoms with E-state index in [1.807, 2.05) is 0 Å². The zero-order valence-electron chi connectivity index (χ0n) is 58.6. The first-order chi connectivity index (χ1) is 42.5. The van der Waals surface area contributed by atoms with Gasteiger partial charge >= 0.3 is 5.97 Å². The topological polar surface area (TPSA) is 95.9 Å². The van der Waals surface area contributed by atoms with Crippen LogP contribution in [0.15, 0.2) is 24.3 Å². The number of aliphatic hydroxyl groups excluding tert-OH is 2. The number of carbonyl (C=O) groups excluding carboxylic acids is 2. The number of amides is 1. The van der Waals surface area contributed by atoms with Crippen LogP contribution in [-0.4, -0.2) is 47.4 Å². The van der Waals surface area contributed by atoms with Crippen molar-refractivity contribution >= 4 is 11.9 Å². The third kappa shape index (κ3) is 71.4. The van der Waals surface area contributed by atoms with Crippen molar-refractivity contribution < 1.29 is 24.5 Å². The number of ether oxygens (including phenoxy) is 1. The molecule has 0 aliphatic carbocycles. The fourth-order valence-electron chi connectivity index (χ4n) is 12.7. The molecule has 86 heavy (non-hydrogen) atoms. The maximum absolute atomic E-state index is 12.6. The van der Waals surface area contributed by atoms with Crippen LogP contribution < -0.4 is 5.32 Å². The SMILES string of the molecule is CCCCCCCCCCCCCCCCCCCCCC(O)C(CO)NC(=O)CCCCCCCCCCCCCCCCCCC/C=C\C/C=C\CCCCCCCCCCCCCOC(=O)CCCCCCCCCCCCCCCCC. The number of unbranched alkanes of at least 4 members (excludes halogenated alkanes) is 60. The number of allylic oxidation sites excluding steroid dienone is 4. The van der Waals surface area contributed by atoms with Crippen molar-refractivity contribution in [3.63, 3.8) is 0 Å². The lowest BCUT2D eigenvalue weighted by atomic mass is 10.0. The summed E-state index contributed by atoms with van der Waals surface area (Å²) in [5.74, 6) is -0.00715. The van der Waals surface area contributed by atoms with Gasteiger partial charge < -0.3 is 20.3 Å². The molecule has 0 radical (unpaired) electrons. The number of carbonyl (C=O) groups is 2. The van der Waals surface area contributed by atoms with Crippen LogP contribution in [-0.2, 0) is 14.3 Å². The fraction of sp³-hybridized carbons (Fsp3) is 0.925. The highest BCUT2D eigenvalue weighted by Crippen LogP contribution is 2.20. The molecule has 6 heteroatoms. The Bertz CT molecular complexity index is 1350. The quantitative estimate of drug-likeness (QED) is 0.0320. The highest BCUT2D eigenvalue weighted by molar-refractivity contribution is 5.76. The summed E-state index contributed by atoms with van der Waals surface area (Å²) in [7, 11) is 0. The van der Waals surface area contributed by atoms with Gasteiger partial charge in [0, 0.05) is 12.8 Å². The average molecular weight is 1210 g/mol. The number of nitrogens with one attached hydrogen (secondary N) is 1. The Labute approximate surface area is 539 Å². The summed E-state index contributed by atoms with van der Waals surface area (Å²) in [5.41, 5.74) is 0. The molecule has 0 aliphatic rings. The van der Waals surface area contributed by atoms with E-state index in [2.05, 4.69) is 43.5 Å². The van der Waals surface area contributed by atoms with E-state index in [4.69, 9.17) is 4.74 Å². The van der Waals surface area contributed by atoms with E-state index >= 15 is 0 Å². The molecule has 0 aromatic heterocycles. The number of esters is 1. The lowest BCUT2D eigenvalue weighted by Gasteiger charge is -2.22. The first kappa shape index (κ1) is 84.3. The van der Waals surface area contributed by atoms with E-state index in [9.17, 15) is 19.8 Å². The van der Waals surface area contributed by atoms with Gasteiger partial charge in [-0.2, -0.15) is 0 Å². The Balaban J connectivity index is 3.36. The van der Waals surface area contributed by atoms with Crippen molar-refractivity contribution in [1.29, 1.82) is 0 Å². The van der Waals surface area contributed by atoms with Gasteiger partial charge in [-0.1, -0.05) is 404 Å². The molecule has 0 heterocycles. The van der Waals surface area contributed by atoms with E-state index in [0.29, 0.717) is 25.9 Å². The third-order valence-electron chi connectivity index (χ3n) is 18.8. The Morgan fingerprint density at radius 2 is 0.581 bits per heavy atom. The van der Waals surface area contributed by atoms with Gasteiger partial charge in [-0.05, 0) is 57.8 Å². The van der Waals surface area contributed by atoms with Gasteiger partial charge in [0.1, 0.15) is 0 Å².